The summed E-state index contributed by atoms with van der Waals surface area (Å²) in [5.74, 6) is -0.965. The highest BCUT2D eigenvalue weighted by Gasteiger charge is 2.19. The molecule has 3 heterocycles. The van der Waals surface area contributed by atoms with Crippen molar-refractivity contribution in [1.82, 2.24) is 19.7 Å². The van der Waals surface area contributed by atoms with Crippen LogP contribution < -0.4 is 11.1 Å². The Bertz CT molecular complexity index is 927. The zero-order chi connectivity index (χ0) is 17.3. The summed E-state index contributed by atoms with van der Waals surface area (Å²) in [6, 6.07) is 1.75. The normalized spacial score (nSPS) is 10.6. The second-order valence-corrected chi connectivity index (χ2v) is 5.11. The fourth-order valence-electron chi connectivity index (χ4n) is 2.16. The second kappa shape index (κ2) is 5.95. The van der Waals surface area contributed by atoms with Crippen molar-refractivity contribution in [1.29, 1.82) is 0 Å². The van der Waals surface area contributed by atoms with Crippen LogP contribution in [-0.4, -0.2) is 31.6 Å². The van der Waals surface area contributed by atoms with Gasteiger partial charge in [-0.1, -0.05) is 0 Å². The van der Waals surface area contributed by atoms with Crippen LogP contribution in [0.15, 0.2) is 35.3 Å². The van der Waals surface area contributed by atoms with Crippen LogP contribution in [0.1, 0.15) is 26.5 Å². The lowest BCUT2D eigenvalue weighted by Crippen LogP contribution is -2.18. The number of nitrogens with two attached hydrogens (primary N) is 1. The molecule has 122 valence electrons. The van der Waals surface area contributed by atoms with Gasteiger partial charge in [0.05, 0.1) is 5.69 Å². The van der Waals surface area contributed by atoms with E-state index in [1.54, 1.807) is 25.5 Å². The molecule has 0 aliphatic carbocycles. The van der Waals surface area contributed by atoms with Crippen molar-refractivity contribution in [3.63, 3.8) is 0 Å². The SMILES string of the molecule is Cc1cnccc1-c1nc(C(=O)Nc2cn(C)nc2C(N)=O)co1. The number of carbonyl (C=O) groups excluding carboxylic acids is 2. The smallest absolute Gasteiger partial charge is 0.277 e. The lowest BCUT2D eigenvalue weighted by atomic mass is 10.1. The summed E-state index contributed by atoms with van der Waals surface area (Å²) >= 11 is 0. The number of rotatable bonds is 4. The van der Waals surface area contributed by atoms with Crippen LogP contribution in [0.2, 0.25) is 0 Å². The lowest BCUT2D eigenvalue weighted by molar-refractivity contribution is 0.0995. The van der Waals surface area contributed by atoms with E-state index in [1.165, 1.54) is 17.1 Å². The number of aromatic nitrogens is 4. The van der Waals surface area contributed by atoms with Crippen LogP contribution in [0, 0.1) is 6.92 Å². The molecular formula is C15H14N6O3. The first kappa shape index (κ1) is 15.4. The molecule has 0 fully saturated rings. The van der Waals surface area contributed by atoms with Crippen molar-refractivity contribution in [2.24, 2.45) is 12.8 Å². The first-order valence-electron chi connectivity index (χ1n) is 6.97. The summed E-state index contributed by atoms with van der Waals surface area (Å²) in [4.78, 5) is 31.8. The minimum atomic E-state index is -0.737. The first-order valence-corrected chi connectivity index (χ1v) is 6.97. The molecule has 3 aromatic rings. The molecule has 2 amide bonds. The molecule has 3 rings (SSSR count). The number of aryl methyl sites for hydroxylation is 2. The van der Waals surface area contributed by atoms with E-state index in [1.807, 2.05) is 6.92 Å². The van der Waals surface area contributed by atoms with Gasteiger partial charge in [0.2, 0.25) is 5.89 Å². The Balaban J connectivity index is 1.85. The summed E-state index contributed by atoms with van der Waals surface area (Å²) in [6.07, 6.45) is 6.01. The van der Waals surface area contributed by atoms with Gasteiger partial charge in [-0.05, 0) is 18.6 Å². The molecule has 3 aromatic heterocycles. The van der Waals surface area contributed by atoms with Gasteiger partial charge in [0.25, 0.3) is 11.8 Å². The molecule has 0 atom stereocenters. The zero-order valence-electron chi connectivity index (χ0n) is 13.0. The molecule has 24 heavy (non-hydrogen) atoms. The highest BCUT2D eigenvalue weighted by Crippen LogP contribution is 2.22. The first-order chi connectivity index (χ1) is 11.5. The lowest BCUT2D eigenvalue weighted by Gasteiger charge is -2.00. The van der Waals surface area contributed by atoms with Gasteiger partial charge in [-0.15, -0.1) is 0 Å². The van der Waals surface area contributed by atoms with Crippen LogP contribution in [0.5, 0.6) is 0 Å². The number of hydrogen-bond acceptors (Lipinski definition) is 6. The number of hydrogen-bond donors (Lipinski definition) is 2. The standard InChI is InChI=1S/C15H14N6O3/c1-8-5-17-4-3-9(8)15-19-11(7-24-15)14(23)18-10-6-21(2)20-12(10)13(16)22/h3-7H,1-2H3,(H2,16,22)(H,18,23). The predicted molar refractivity (Wildman–Crippen MR) is 84.2 cm³/mol. The van der Waals surface area contributed by atoms with Crippen molar-refractivity contribution in [3.05, 3.63) is 47.9 Å². The molecule has 0 radical (unpaired) electrons. The van der Waals surface area contributed by atoms with E-state index in [0.717, 1.165) is 11.1 Å². The number of anilines is 1. The number of nitrogens with zero attached hydrogens (tertiary/aromatic N) is 4. The minimum absolute atomic E-state index is 0.0282. The van der Waals surface area contributed by atoms with Crippen molar-refractivity contribution in [2.75, 3.05) is 5.32 Å². The van der Waals surface area contributed by atoms with E-state index in [-0.39, 0.29) is 17.1 Å². The monoisotopic (exact) mass is 326 g/mol. The van der Waals surface area contributed by atoms with Crippen LogP contribution in [0.4, 0.5) is 5.69 Å². The topological polar surface area (TPSA) is 129 Å². The molecule has 0 aliphatic heterocycles. The molecular weight excluding hydrogens is 312 g/mol. The predicted octanol–water partition coefficient (Wildman–Crippen LogP) is 1.13. The number of primary amides is 1. The fraction of sp³-hybridized carbons (Fsp3) is 0.133. The molecule has 9 heteroatoms. The van der Waals surface area contributed by atoms with Crippen molar-refractivity contribution in [2.45, 2.75) is 6.92 Å². The van der Waals surface area contributed by atoms with Gasteiger partial charge < -0.3 is 15.5 Å². The molecule has 0 saturated carbocycles. The molecule has 0 aliphatic rings. The van der Waals surface area contributed by atoms with Gasteiger partial charge >= 0.3 is 0 Å². The summed E-state index contributed by atoms with van der Waals surface area (Å²) in [5.41, 5.74) is 7.09. The molecule has 0 aromatic carbocycles. The summed E-state index contributed by atoms with van der Waals surface area (Å²) in [6.45, 7) is 1.86. The third-order valence-corrected chi connectivity index (χ3v) is 3.30. The second-order valence-electron chi connectivity index (χ2n) is 5.11. The van der Waals surface area contributed by atoms with Gasteiger partial charge in [0, 0.05) is 31.2 Å². The Morgan fingerprint density at radius 1 is 1.38 bits per heavy atom. The van der Waals surface area contributed by atoms with Crippen molar-refractivity contribution < 1.29 is 14.0 Å². The quantitative estimate of drug-likeness (QED) is 0.739. The van der Waals surface area contributed by atoms with E-state index >= 15 is 0 Å². The third kappa shape index (κ3) is 2.86. The number of pyridine rings is 1. The molecule has 0 saturated heterocycles. The average Bonchev–Trinajstić information content (AvgIpc) is 3.14. The van der Waals surface area contributed by atoms with Gasteiger partial charge in [-0.25, -0.2) is 4.98 Å². The number of carbonyl (C=O) groups is 2. The third-order valence-electron chi connectivity index (χ3n) is 3.30. The van der Waals surface area contributed by atoms with Crippen LogP contribution in [-0.2, 0) is 7.05 Å². The Morgan fingerprint density at radius 3 is 2.88 bits per heavy atom. The number of nitrogens with one attached hydrogen (secondary N) is 1. The molecule has 9 nitrogen and oxygen atoms in total. The maximum atomic E-state index is 12.3. The Hall–Kier alpha value is -3.49. The van der Waals surface area contributed by atoms with Crippen LogP contribution in [0.25, 0.3) is 11.5 Å². The maximum absolute atomic E-state index is 12.3. The average molecular weight is 326 g/mol. The van der Waals surface area contributed by atoms with Gasteiger partial charge in [0.1, 0.15) is 6.26 Å². The van der Waals surface area contributed by atoms with Gasteiger partial charge in [-0.2, -0.15) is 5.10 Å². The summed E-state index contributed by atoms with van der Waals surface area (Å²) in [7, 11) is 1.61. The zero-order valence-corrected chi connectivity index (χ0v) is 13.0. The van der Waals surface area contributed by atoms with Gasteiger partial charge in [-0.3, -0.25) is 19.3 Å². The molecule has 0 unspecified atom stereocenters. The van der Waals surface area contributed by atoms with E-state index in [0.29, 0.717) is 5.89 Å². The molecule has 0 spiro atoms. The largest absolute Gasteiger partial charge is 0.444 e. The number of oxazole rings is 1. The Kier molecular flexibility index (Phi) is 3.82. The van der Waals surface area contributed by atoms with Crippen molar-refractivity contribution in [3.8, 4) is 11.5 Å². The molecule has 0 bridgehead atoms. The van der Waals surface area contributed by atoms with Crippen LogP contribution >= 0.6 is 0 Å². The van der Waals surface area contributed by atoms with E-state index in [2.05, 4.69) is 20.4 Å². The van der Waals surface area contributed by atoms with E-state index in [4.69, 9.17) is 10.2 Å². The van der Waals surface area contributed by atoms with Crippen LogP contribution in [0.3, 0.4) is 0 Å². The number of amides is 2. The fourth-order valence-corrected chi connectivity index (χ4v) is 2.16. The minimum Gasteiger partial charge on any atom is -0.444 e. The molecule has 3 N–H and O–H groups in total. The summed E-state index contributed by atoms with van der Waals surface area (Å²) in [5, 5.41) is 6.45. The summed E-state index contributed by atoms with van der Waals surface area (Å²) < 4.78 is 6.74. The Morgan fingerprint density at radius 2 is 2.17 bits per heavy atom. The Labute approximate surface area is 136 Å². The van der Waals surface area contributed by atoms with E-state index < -0.39 is 11.8 Å². The van der Waals surface area contributed by atoms with Crippen molar-refractivity contribution >= 4 is 17.5 Å². The highest BCUT2D eigenvalue weighted by molar-refractivity contribution is 6.07. The van der Waals surface area contributed by atoms with E-state index in [9.17, 15) is 9.59 Å². The maximum Gasteiger partial charge on any atom is 0.277 e. The van der Waals surface area contributed by atoms with Gasteiger partial charge in [0.15, 0.2) is 11.4 Å². The highest BCUT2D eigenvalue weighted by atomic mass is 16.3.